The number of methoxy groups -OCH3 is 1. The van der Waals surface area contributed by atoms with Crippen LogP contribution in [0.2, 0.25) is 0 Å². The Bertz CT molecular complexity index is 1160. The van der Waals surface area contributed by atoms with E-state index in [0.29, 0.717) is 43.2 Å². The zero-order valence-corrected chi connectivity index (χ0v) is 17.5. The number of imidazole rings is 1. The second kappa shape index (κ2) is 9.80. The first-order valence-corrected chi connectivity index (χ1v) is 10.3. The van der Waals surface area contributed by atoms with Crippen LogP contribution in [0.25, 0.3) is 11.0 Å². The lowest BCUT2D eigenvalue weighted by Gasteiger charge is -2.13. The maximum absolute atomic E-state index is 12.3. The molecule has 0 atom stereocenters. The molecule has 0 unspecified atom stereocenters. The number of aromatic nitrogens is 2. The van der Waals surface area contributed by atoms with Gasteiger partial charge in [0.25, 0.3) is 5.91 Å². The number of ether oxygens (including phenoxy) is 2. The molecule has 0 spiro atoms. The lowest BCUT2D eigenvalue weighted by molar-refractivity contribution is 0.0954. The third kappa shape index (κ3) is 4.86. The summed E-state index contributed by atoms with van der Waals surface area (Å²) in [7, 11) is 1.63. The van der Waals surface area contributed by atoms with E-state index in [2.05, 4.69) is 16.0 Å². The molecule has 0 radical (unpaired) electrons. The maximum Gasteiger partial charge on any atom is 0.251 e. The molecular formula is C25H25N3O3. The molecule has 0 aliphatic heterocycles. The molecular weight excluding hydrogens is 390 g/mol. The molecule has 6 nitrogen and oxygen atoms in total. The Kier molecular flexibility index (Phi) is 6.47. The van der Waals surface area contributed by atoms with Gasteiger partial charge < -0.3 is 19.4 Å². The topological polar surface area (TPSA) is 65.4 Å². The first kappa shape index (κ1) is 20.5. The number of rotatable bonds is 9. The van der Waals surface area contributed by atoms with Gasteiger partial charge in [0.2, 0.25) is 0 Å². The summed E-state index contributed by atoms with van der Waals surface area (Å²) in [5, 5.41) is 2.98. The second-order valence-electron chi connectivity index (χ2n) is 7.04. The molecule has 0 saturated heterocycles. The average molecular weight is 415 g/mol. The third-order valence-corrected chi connectivity index (χ3v) is 5.05. The minimum atomic E-state index is -0.0808. The van der Waals surface area contributed by atoms with Crippen LogP contribution in [0, 0.1) is 0 Å². The van der Waals surface area contributed by atoms with Gasteiger partial charge in [-0.05, 0) is 36.4 Å². The van der Waals surface area contributed by atoms with E-state index >= 15 is 0 Å². The van der Waals surface area contributed by atoms with Gasteiger partial charge in [0, 0.05) is 18.5 Å². The zero-order chi connectivity index (χ0) is 21.5. The molecule has 4 aromatic rings. The van der Waals surface area contributed by atoms with Crippen molar-refractivity contribution >= 4 is 16.9 Å². The lowest BCUT2D eigenvalue weighted by Crippen LogP contribution is -2.26. The van der Waals surface area contributed by atoms with Crippen molar-refractivity contribution in [3.63, 3.8) is 0 Å². The summed E-state index contributed by atoms with van der Waals surface area (Å²) >= 11 is 0. The zero-order valence-electron chi connectivity index (χ0n) is 17.5. The van der Waals surface area contributed by atoms with Gasteiger partial charge in [0.15, 0.2) is 11.5 Å². The average Bonchev–Trinajstić information content (AvgIpc) is 3.17. The van der Waals surface area contributed by atoms with E-state index in [1.165, 1.54) is 0 Å². The summed E-state index contributed by atoms with van der Waals surface area (Å²) in [5.41, 5.74) is 2.64. The van der Waals surface area contributed by atoms with Crippen molar-refractivity contribution < 1.29 is 14.3 Å². The van der Waals surface area contributed by atoms with Crippen molar-refractivity contribution in [2.45, 2.75) is 13.0 Å². The van der Waals surface area contributed by atoms with Crippen LogP contribution in [0.1, 0.15) is 16.2 Å². The third-order valence-electron chi connectivity index (χ3n) is 5.05. The molecule has 4 rings (SSSR count). The van der Waals surface area contributed by atoms with Crippen LogP contribution in [0.3, 0.4) is 0 Å². The molecule has 3 aromatic carbocycles. The molecule has 6 heteroatoms. The normalized spacial score (nSPS) is 10.7. The number of amides is 1. The van der Waals surface area contributed by atoms with Crippen molar-refractivity contribution in [2.24, 2.45) is 0 Å². The number of fused-ring (bicyclic) bond motifs is 1. The number of carbonyl (C=O) groups excluding carboxylic acids is 1. The van der Waals surface area contributed by atoms with Gasteiger partial charge in [0.1, 0.15) is 12.4 Å². The summed E-state index contributed by atoms with van der Waals surface area (Å²) in [6, 6.07) is 24.9. The highest BCUT2D eigenvalue weighted by molar-refractivity contribution is 5.94. The quantitative estimate of drug-likeness (QED) is 0.447. The number of para-hydroxylation sites is 4. The first-order valence-electron chi connectivity index (χ1n) is 10.3. The van der Waals surface area contributed by atoms with Gasteiger partial charge in [-0.15, -0.1) is 0 Å². The Morgan fingerprint density at radius 2 is 1.65 bits per heavy atom. The Morgan fingerprint density at radius 1 is 0.935 bits per heavy atom. The van der Waals surface area contributed by atoms with Crippen LogP contribution in [0.4, 0.5) is 0 Å². The van der Waals surface area contributed by atoms with E-state index in [1.807, 2.05) is 60.7 Å². The predicted octanol–water partition coefficient (Wildman–Crippen LogP) is 4.10. The molecule has 0 aliphatic rings. The number of carbonyl (C=O) groups is 1. The number of benzene rings is 3. The lowest BCUT2D eigenvalue weighted by atomic mass is 10.2. The molecule has 0 fully saturated rings. The molecule has 1 amide bonds. The SMILES string of the molecule is COc1ccccc1OCCn1c(CCNC(=O)c2ccccc2)nc2ccccc21. The second-order valence-corrected chi connectivity index (χ2v) is 7.04. The van der Waals surface area contributed by atoms with E-state index in [9.17, 15) is 4.79 Å². The van der Waals surface area contributed by atoms with Gasteiger partial charge in [-0.3, -0.25) is 4.79 Å². The van der Waals surface area contributed by atoms with E-state index in [-0.39, 0.29) is 5.91 Å². The minimum Gasteiger partial charge on any atom is -0.493 e. The number of nitrogens with zero attached hydrogens (tertiary/aromatic N) is 2. The van der Waals surface area contributed by atoms with Crippen LogP contribution in [0.5, 0.6) is 11.5 Å². The molecule has 31 heavy (non-hydrogen) atoms. The summed E-state index contributed by atoms with van der Waals surface area (Å²) in [6.45, 7) is 1.62. The van der Waals surface area contributed by atoms with Crippen LogP contribution in [0.15, 0.2) is 78.9 Å². The Morgan fingerprint density at radius 3 is 2.45 bits per heavy atom. The van der Waals surface area contributed by atoms with Crippen molar-refractivity contribution in [1.82, 2.24) is 14.9 Å². The predicted molar refractivity (Wildman–Crippen MR) is 121 cm³/mol. The van der Waals surface area contributed by atoms with Crippen molar-refractivity contribution in [1.29, 1.82) is 0 Å². The fourth-order valence-corrected chi connectivity index (χ4v) is 3.53. The van der Waals surface area contributed by atoms with Crippen molar-refractivity contribution in [3.8, 4) is 11.5 Å². The van der Waals surface area contributed by atoms with Crippen molar-refractivity contribution in [3.05, 3.63) is 90.3 Å². The molecule has 1 N–H and O–H groups in total. The Labute approximate surface area is 181 Å². The van der Waals surface area contributed by atoms with Gasteiger partial charge in [-0.1, -0.05) is 42.5 Å². The number of nitrogens with one attached hydrogen (secondary N) is 1. The Balaban J connectivity index is 1.43. The fraction of sp³-hybridized carbons (Fsp3) is 0.200. The van der Waals surface area contributed by atoms with Crippen molar-refractivity contribution in [2.75, 3.05) is 20.3 Å². The summed E-state index contributed by atoms with van der Waals surface area (Å²) in [6.07, 6.45) is 0.627. The Hall–Kier alpha value is -3.80. The van der Waals surface area contributed by atoms with Crippen LogP contribution < -0.4 is 14.8 Å². The van der Waals surface area contributed by atoms with Crippen LogP contribution in [-0.2, 0) is 13.0 Å². The smallest absolute Gasteiger partial charge is 0.251 e. The standard InChI is InChI=1S/C25H25N3O3/c1-30-22-13-7-8-14-23(22)31-18-17-28-21-12-6-5-11-20(21)27-24(28)15-16-26-25(29)19-9-3-2-4-10-19/h2-14H,15-18H2,1H3,(H,26,29). The maximum atomic E-state index is 12.3. The highest BCUT2D eigenvalue weighted by atomic mass is 16.5. The highest BCUT2D eigenvalue weighted by Crippen LogP contribution is 2.26. The summed E-state index contributed by atoms with van der Waals surface area (Å²) < 4.78 is 13.5. The monoisotopic (exact) mass is 415 g/mol. The number of hydrogen-bond acceptors (Lipinski definition) is 4. The van der Waals surface area contributed by atoms with Crippen LogP contribution in [-0.4, -0.2) is 35.7 Å². The van der Waals surface area contributed by atoms with Gasteiger partial charge in [0.05, 0.1) is 24.7 Å². The van der Waals surface area contributed by atoms with E-state index in [0.717, 1.165) is 16.9 Å². The summed E-state index contributed by atoms with van der Waals surface area (Å²) in [5.74, 6) is 2.26. The molecule has 1 heterocycles. The first-order chi connectivity index (χ1) is 15.3. The molecule has 1 aromatic heterocycles. The number of hydrogen-bond donors (Lipinski definition) is 1. The minimum absolute atomic E-state index is 0.0808. The summed E-state index contributed by atoms with van der Waals surface area (Å²) in [4.78, 5) is 17.1. The van der Waals surface area contributed by atoms with Gasteiger partial charge in [-0.2, -0.15) is 0 Å². The highest BCUT2D eigenvalue weighted by Gasteiger charge is 2.12. The van der Waals surface area contributed by atoms with E-state index in [4.69, 9.17) is 14.5 Å². The largest absolute Gasteiger partial charge is 0.493 e. The van der Waals surface area contributed by atoms with E-state index < -0.39 is 0 Å². The van der Waals surface area contributed by atoms with Crippen LogP contribution >= 0.6 is 0 Å². The molecule has 0 bridgehead atoms. The van der Waals surface area contributed by atoms with E-state index in [1.54, 1.807) is 19.2 Å². The fourth-order valence-electron chi connectivity index (χ4n) is 3.53. The molecule has 0 saturated carbocycles. The van der Waals surface area contributed by atoms with Gasteiger partial charge in [-0.25, -0.2) is 4.98 Å². The molecule has 158 valence electrons. The van der Waals surface area contributed by atoms with Gasteiger partial charge >= 0.3 is 0 Å². The molecule has 0 aliphatic carbocycles.